The summed E-state index contributed by atoms with van der Waals surface area (Å²) in [4.78, 5) is 22.4. The van der Waals surface area contributed by atoms with Crippen molar-refractivity contribution in [3.05, 3.63) is 12.7 Å². The molecule has 0 amide bonds. The molecule has 0 saturated carbocycles. The van der Waals surface area contributed by atoms with Crippen LogP contribution in [0.3, 0.4) is 0 Å². The van der Waals surface area contributed by atoms with Crippen LogP contribution in [-0.4, -0.2) is 18.0 Å². The number of allylic oxidation sites excluding steroid dienone is 1. The van der Waals surface area contributed by atoms with E-state index in [0.717, 1.165) is 38.5 Å². The Kier molecular flexibility index (Phi) is 10.7. The fourth-order valence-electron chi connectivity index (χ4n) is 1.49. The van der Waals surface area contributed by atoms with Gasteiger partial charge in [-0.2, -0.15) is 0 Å². The fourth-order valence-corrected chi connectivity index (χ4v) is 1.68. The summed E-state index contributed by atoms with van der Waals surface area (Å²) in [5.41, 5.74) is 0. The summed E-state index contributed by atoms with van der Waals surface area (Å²) < 4.78 is 9.29. The Labute approximate surface area is 111 Å². The van der Waals surface area contributed by atoms with Gasteiger partial charge in [-0.25, -0.2) is 4.79 Å². The first kappa shape index (κ1) is 17.1. The van der Waals surface area contributed by atoms with Crippen molar-refractivity contribution in [2.75, 3.05) is 0 Å². The summed E-state index contributed by atoms with van der Waals surface area (Å²) in [6.45, 7) is 5.17. The molecule has 0 N–H and O–H groups in total. The first-order valence-corrected chi connectivity index (χ1v) is 6.80. The van der Waals surface area contributed by atoms with Gasteiger partial charge in [0, 0.05) is 6.42 Å². The zero-order chi connectivity index (χ0) is 13.8. The minimum absolute atomic E-state index is 0.344. The number of ether oxygens (including phenoxy) is 1. The van der Waals surface area contributed by atoms with Crippen LogP contribution in [0.15, 0.2) is 12.7 Å². The maximum Gasteiger partial charge on any atom is 0.349 e. The van der Waals surface area contributed by atoms with Crippen LogP contribution in [-0.2, 0) is 18.8 Å². The Morgan fingerprint density at radius 1 is 1.22 bits per heavy atom. The van der Waals surface area contributed by atoms with Crippen molar-refractivity contribution in [1.29, 1.82) is 0 Å². The van der Waals surface area contributed by atoms with Gasteiger partial charge in [-0.3, -0.25) is 4.79 Å². The van der Waals surface area contributed by atoms with Crippen molar-refractivity contribution in [2.24, 2.45) is 0 Å². The van der Waals surface area contributed by atoms with Gasteiger partial charge in [-0.05, 0) is 26.2 Å². The summed E-state index contributed by atoms with van der Waals surface area (Å²) in [6.07, 6.45) is 7.75. The second-order valence-electron chi connectivity index (χ2n) is 4.16. The number of rotatable bonds is 10. The Bertz CT molecular complexity index is 266. The van der Waals surface area contributed by atoms with Gasteiger partial charge in [-0.1, -0.05) is 25.3 Å². The summed E-state index contributed by atoms with van der Waals surface area (Å²) in [5, 5.41) is 0. The largest absolute Gasteiger partial charge is 0.451 e. The maximum atomic E-state index is 11.4. The molecular formula is C13H23O4P. The predicted molar refractivity (Wildman–Crippen MR) is 73.9 cm³/mol. The molecule has 2 atom stereocenters. The summed E-state index contributed by atoms with van der Waals surface area (Å²) in [5.74, 6) is -0.901. The molecule has 0 bridgehead atoms. The third-order valence-electron chi connectivity index (χ3n) is 2.55. The normalized spacial score (nSPS) is 11.7. The minimum atomic E-state index is -0.831. The lowest BCUT2D eigenvalue weighted by atomic mass is 10.1. The van der Waals surface area contributed by atoms with Crippen molar-refractivity contribution in [1.82, 2.24) is 0 Å². The molecule has 4 nitrogen and oxygen atoms in total. The number of carbonyl (C=O) groups excluding carboxylic acids is 2. The zero-order valence-corrected chi connectivity index (χ0v) is 12.2. The standard InChI is InChI=1S/C13H23O4P/c1-3-4-5-6-7-8-9-10-12(14)16-11(2)13(15)17-18/h3,11H,1,4-10,18H2,2H3/t11-/m0/s1. The van der Waals surface area contributed by atoms with E-state index in [0.29, 0.717) is 6.42 Å². The van der Waals surface area contributed by atoms with Gasteiger partial charge in [0.05, 0.1) is 9.47 Å². The third kappa shape index (κ3) is 9.17. The predicted octanol–water partition coefficient (Wildman–Crippen LogP) is 3.17. The summed E-state index contributed by atoms with van der Waals surface area (Å²) in [6, 6.07) is 0. The molecule has 0 aromatic carbocycles. The van der Waals surface area contributed by atoms with E-state index in [4.69, 9.17) is 4.74 Å². The third-order valence-corrected chi connectivity index (χ3v) is 2.78. The molecule has 0 radical (unpaired) electrons. The van der Waals surface area contributed by atoms with E-state index < -0.39 is 12.1 Å². The molecule has 18 heavy (non-hydrogen) atoms. The van der Waals surface area contributed by atoms with Gasteiger partial charge in [0.25, 0.3) is 0 Å². The highest BCUT2D eigenvalue weighted by atomic mass is 31.0. The zero-order valence-electron chi connectivity index (χ0n) is 11.0. The van der Waals surface area contributed by atoms with Gasteiger partial charge in [0.15, 0.2) is 6.10 Å². The molecule has 0 fully saturated rings. The van der Waals surface area contributed by atoms with Crippen LogP contribution >= 0.6 is 9.47 Å². The van der Waals surface area contributed by atoms with Crippen molar-refractivity contribution in [3.63, 3.8) is 0 Å². The molecule has 104 valence electrons. The van der Waals surface area contributed by atoms with Gasteiger partial charge in [0.2, 0.25) is 0 Å². The second kappa shape index (κ2) is 11.2. The van der Waals surface area contributed by atoms with E-state index in [-0.39, 0.29) is 5.97 Å². The van der Waals surface area contributed by atoms with Crippen LogP contribution in [0.4, 0.5) is 0 Å². The lowest BCUT2D eigenvalue weighted by Crippen LogP contribution is -2.23. The topological polar surface area (TPSA) is 52.6 Å². The first-order valence-electron chi connectivity index (χ1n) is 6.32. The van der Waals surface area contributed by atoms with Crippen LogP contribution in [0.1, 0.15) is 51.9 Å². The number of hydrogen-bond donors (Lipinski definition) is 0. The van der Waals surface area contributed by atoms with Crippen molar-refractivity contribution in [3.8, 4) is 0 Å². The smallest absolute Gasteiger partial charge is 0.349 e. The van der Waals surface area contributed by atoms with E-state index in [1.165, 1.54) is 6.92 Å². The lowest BCUT2D eigenvalue weighted by Gasteiger charge is -2.10. The quantitative estimate of drug-likeness (QED) is 0.266. The van der Waals surface area contributed by atoms with Crippen LogP contribution in [0.5, 0.6) is 0 Å². The molecule has 0 saturated heterocycles. The Balaban J connectivity index is 3.47. The summed E-state index contributed by atoms with van der Waals surface area (Å²) >= 11 is 0. The average Bonchev–Trinajstić information content (AvgIpc) is 2.36. The molecule has 1 unspecified atom stereocenters. The van der Waals surface area contributed by atoms with Gasteiger partial charge < -0.3 is 9.26 Å². The SMILES string of the molecule is C=CCCCCCCCC(=O)O[C@@H](C)C(=O)OP. The highest BCUT2D eigenvalue weighted by Crippen LogP contribution is 2.09. The highest BCUT2D eigenvalue weighted by Gasteiger charge is 2.17. The van der Waals surface area contributed by atoms with Crippen molar-refractivity contribution < 1.29 is 18.8 Å². The molecule has 0 spiro atoms. The average molecular weight is 274 g/mol. The number of hydrogen-bond acceptors (Lipinski definition) is 4. The molecule has 0 aliphatic carbocycles. The van der Waals surface area contributed by atoms with E-state index in [9.17, 15) is 9.59 Å². The first-order chi connectivity index (χ1) is 8.61. The molecule has 0 aliphatic heterocycles. The van der Waals surface area contributed by atoms with Gasteiger partial charge >= 0.3 is 11.9 Å². The van der Waals surface area contributed by atoms with Crippen molar-refractivity contribution >= 4 is 21.4 Å². The van der Waals surface area contributed by atoms with Crippen molar-refractivity contribution in [2.45, 2.75) is 58.0 Å². The molecule has 0 aromatic heterocycles. The monoisotopic (exact) mass is 274 g/mol. The molecule has 5 heteroatoms. The minimum Gasteiger partial charge on any atom is -0.451 e. The van der Waals surface area contributed by atoms with E-state index in [1.54, 1.807) is 0 Å². The Morgan fingerprint density at radius 3 is 2.44 bits per heavy atom. The lowest BCUT2D eigenvalue weighted by molar-refractivity contribution is -0.160. The highest BCUT2D eigenvalue weighted by molar-refractivity contribution is 7.10. The maximum absolute atomic E-state index is 11.4. The van der Waals surface area contributed by atoms with Crippen LogP contribution in [0, 0.1) is 0 Å². The van der Waals surface area contributed by atoms with Gasteiger partial charge in [-0.15, -0.1) is 6.58 Å². The van der Waals surface area contributed by atoms with E-state index in [1.807, 2.05) is 15.5 Å². The van der Waals surface area contributed by atoms with Crippen LogP contribution in [0.25, 0.3) is 0 Å². The Hall–Kier alpha value is -0.890. The van der Waals surface area contributed by atoms with Crippen LogP contribution in [0.2, 0.25) is 0 Å². The molecular weight excluding hydrogens is 251 g/mol. The molecule has 0 aromatic rings. The number of unbranched alkanes of at least 4 members (excludes halogenated alkanes) is 5. The number of carbonyl (C=O) groups is 2. The van der Waals surface area contributed by atoms with Gasteiger partial charge in [0.1, 0.15) is 0 Å². The molecule has 0 aliphatic rings. The second-order valence-corrected chi connectivity index (χ2v) is 4.40. The number of esters is 1. The fraction of sp³-hybridized carbons (Fsp3) is 0.692. The Morgan fingerprint density at radius 2 is 1.83 bits per heavy atom. The van der Waals surface area contributed by atoms with E-state index in [2.05, 4.69) is 11.1 Å². The molecule has 0 heterocycles. The summed E-state index contributed by atoms with van der Waals surface area (Å²) in [7, 11) is 1.84. The van der Waals surface area contributed by atoms with Crippen LogP contribution < -0.4 is 0 Å². The molecule has 0 rings (SSSR count). The van der Waals surface area contributed by atoms with E-state index >= 15 is 0 Å².